The van der Waals surface area contributed by atoms with Crippen LogP contribution in [0.15, 0.2) is 77.8 Å². The van der Waals surface area contributed by atoms with Crippen LogP contribution in [0.2, 0.25) is 0 Å². The first-order valence-electron chi connectivity index (χ1n) is 11.0. The third-order valence-corrected chi connectivity index (χ3v) is 5.79. The Hall–Kier alpha value is -3.62. The van der Waals surface area contributed by atoms with Crippen LogP contribution in [0.25, 0.3) is 16.9 Å². The van der Waals surface area contributed by atoms with Gasteiger partial charge < -0.3 is 10.3 Å². The van der Waals surface area contributed by atoms with Gasteiger partial charge in [0.15, 0.2) is 0 Å². The number of rotatable bonds is 4. The Morgan fingerprint density at radius 1 is 1.22 bits per heavy atom. The molecule has 2 heterocycles. The highest BCUT2D eigenvalue weighted by molar-refractivity contribution is 5.62. The van der Waals surface area contributed by atoms with Gasteiger partial charge in [-0.3, -0.25) is 4.79 Å². The Kier molecular flexibility index (Phi) is 6.53. The fourth-order valence-corrected chi connectivity index (χ4v) is 4.00. The fraction of sp³-hybridized carbons (Fsp3) is 0.259. The molecule has 0 spiro atoms. The van der Waals surface area contributed by atoms with Crippen LogP contribution < -0.4 is 11.3 Å². The minimum atomic E-state index is -0.0369. The summed E-state index contributed by atoms with van der Waals surface area (Å²) in [5.74, 6) is 5.92. The molecule has 3 aromatic rings. The van der Waals surface area contributed by atoms with E-state index in [0.29, 0.717) is 0 Å². The Labute approximate surface area is 188 Å². The molecule has 0 fully saturated rings. The van der Waals surface area contributed by atoms with Crippen molar-refractivity contribution in [1.29, 1.82) is 0 Å². The van der Waals surface area contributed by atoms with Crippen LogP contribution in [0.4, 0.5) is 0 Å². The topological polar surface area (TPSA) is 65.8 Å². The summed E-state index contributed by atoms with van der Waals surface area (Å²) in [6.45, 7) is 3.64. The maximum Gasteiger partial charge on any atom is 0.250 e. The highest BCUT2D eigenvalue weighted by Gasteiger charge is 2.15. The predicted octanol–water partition coefficient (Wildman–Crippen LogP) is 4.15. The molecular formula is C27H28N4O. The molecule has 2 aromatic heterocycles. The zero-order chi connectivity index (χ0) is 22.5. The van der Waals surface area contributed by atoms with Crippen molar-refractivity contribution in [3.63, 3.8) is 0 Å². The van der Waals surface area contributed by atoms with Crippen molar-refractivity contribution in [3.8, 4) is 28.8 Å². The van der Waals surface area contributed by atoms with Gasteiger partial charge in [0.2, 0.25) is 5.56 Å². The van der Waals surface area contributed by atoms with Gasteiger partial charge >= 0.3 is 0 Å². The van der Waals surface area contributed by atoms with Gasteiger partial charge in [0.25, 0.3) is 0 Å². The number of hydrogen-bond donors (Lipinski definition) is 1. The van der Waals surface area contributed by atoms with Gasteiger partial charge in [-0.05, 0) is 68.2 Å². The molecule has 1 atom stereocenters. The smallest absolute Gasteiger partial charge is 0.250 e. The van der Waals surface area contributed by atoms with E-state index in [0.717, 1.165) is 60.3 Å². The average molecular weight is 425 g/mol. The SMILES string of the molecule is C=CC#Cc1ccc(-n2nc(CC3=CCCC(N)CC3)cc2-c2ccc(=O)n(C)c2)cc1. The van der Waals surface area contributed by atoms with Crippen LogP contribution in [0, 0.1) is 11.8 Å². The number of benzene rings is 1. The molecule has 1 unspecified atom stereocenters. The van der Waals surface area contributed by atoms with Crippen molar-refractivity contribution < 1.29 is 0 Å². The van der Waals surface area contributed by atoms with Gasteiger partial charge in [0.05, 0.1) is 17.1 Å². The summed E-state index contributed by atoms with van der Waals surface area (Å²) in [6.07, 6.45) is 10.7. The van der Waals surface area contributed by atoms with E-state index in [2.05, 4.69) is 30.6 Å². The molecule has 0 saturated heterocycles. The van der Waals surface area contributed by atoms with E-state index >= 15 is 0 Å². The summed E-state index contributed by atoms with van der Waals surface area (Å²) >= 11 is 0. The zero-order valence-electron chi connectivity index (χ0n) is 18.4. The van der Waals surface area contributed by atoms with Crippen molar-refractivity contribution in [2.24, 2.45) is 12.8 Å². The Morgan fingerprint density at radius 2 is 2.03 bits per heavy atom. The summed E-state index contributed by atoms with van der Waals surface area (Å²) in [5.41, 5.74) is 12.3. The minimum Gasteiger partial charge on any atom is -0.328 e. The second-order valence-electron chi connectivity index (χ2n) is 8.24. The largest absolute Gasteiger partial charge is 0.328 e. The van der Waals surface area contributed by atoms with E-state index in [1.54, 1.807) is 23.8 Å². The summed E-state index contributed by atoms with van der Waals surface area (Å²) < 4.78 is 3.54. The molecular weight excluding hydrogens is 396 g/mol. The van der Waals surface area contributed by atoms with E-state index < -0.39 is 0 Å². The number of allylic oxidation sites excluding steroid dienone is 3. The number of aromatic nitrogens is 3. The predicted molar refractivity (Wildman–Crippen MR) is 130 cm³/mol. The number of nitrogens with zero attached hydrogens (tertiary/aromatic N) is 3. The van der Waals surface area contributed by atoms with E-state index in [4.69, 9.17) is 10.8 Å². The molecule has 1 aliphatic rings. The van der Waals surface area contributed by atoms with Crippen LogP contribution in [0.3, 0.4) is 0 Å². The van der Waals surface area contributed by atoms with Crippen molar-refractivity contribution >= 4 is 0 Å². The van der Waals surface area contributed by atoms with Gasteiger partial charge in [-0.2, -0.15) is 5.10 Å². The van der Waals surface area contributed by atoms with Crippen molar-refractivity contribution in [3.05, 3.63) is 94.6 Å². The monoisotopic (exact) mass is 424 g/mol. The standard InChI is InChI=1S/C27H28N4O/c1-3-4-6-20-10-14-25(15-11-20)31-26(22-12-16-27(32)30(2)19-22)18-24(29-31)17-21-7-5-8-23(28)13-9-21/h3,7,10-12,14-16,18-19,23H,1,5,8-9,13,17,28H2,2H3. The average Bonchev–Trinajstić information content (AvgIpc) is 3.10. The maximum absolute atomic E-state index is 11.9. The number of hydrogen-bond acceptors (Lipinski definition) is 3. The quantitative estimate of drug-likeness (QED) is 0.506. The molecule has 1 aliphatic carbocycles. The van der Waals surface area contributed by atoms with Crippen LogP contribution in [-0.2, 0) is 13.5 Å². The third kappa shape index (κ3) is 4.99. The van der Waals surface area contributed by atoms with Crippen molar-refractivity contribution in [2.45, 2.75) is 38.1 Å². The second-order valence-corrected chi connectivity index (χ2v) is 8.24. The molecule has 0 saturated carbocycles. The van der Waals surface area contributed by atoms with E-state index in [1.165, 1.54) is 5.57 Å². The first-order valence-corrected chi connectivity index (χ1v) is 11.0. The van der Waals surface area contributed by atoms with Gasteiger partial charge in [-0.25, -0.2) is 4.68 Å². The molecule has 0 bridgehead atoms. The number of aryl methyl sites for hydroxylation is 1. The zero-order valence-corrected chi connectivity index (χ0v) is 18.4. The molecule has 0 amide bonds. The summed E-state index contributed by atoms with van der Waals surface area (Å²) in [5, 5.41) is 4.95. The molecule has 4 rings (SSSR count). The van der Waals surface area contributed by atoms with Crippen LogP contribution in [-0.4, -0.2) is 20.4 Å². The first-order chi connectivity index (χ1) is 15.5. The maximum atomic E-state index is 11.9. The minimum absolute atomic E-state index is 0.0369. The highest BCUT2D eigenvalue weighted by atomic mass is 16.1. The molecule has 32 heavy (non-hydrogen) atoms. The lowest BCUT2D eigenvalue weighted by molar-refractivity contribution is 0.587. The van der Waals surface area contributed by atoms with Crippen LogP contribution in [0.5, 0.6) is 0 Å². The van der Waals surface area contributed by atoms with Gasteiger partial charge in [-0.1, -0.05) is 30.1 Å². The number of nitrogens with two attached hydrogens (primary N) is 1. The summed E-state index contributed by atoms with van der Waals surface area (Å²) in [4.78, 5) is 11.9. The number of pyridine rings is 1. The Morgan fingerprint density at radius 3 is 2.78 bits per heavy atom. The van der Waals surface area contributed by atoms with Crippen molar-refractivity contribution in [1.82, 2.24) is 14.3 Å². The lowest BCUT2D eigenvalue weighted by Gasteiger charge is -2.09. The second kappa shape index (κ2) is 9.67. The lowest BCUT2D eigenvalue weighted by atomic mass is 10.0. The summed E-state index contributed by atoms with van der Waals surface area (Å²) in [7, 11) is 1.76. The highest BCUT2D eigenvalue weighted by Crippen LogP contribution is 2.26. The van der Waals surface area contributed by atoms with E-state index in [9.17, 15) is 4.79 Å². The molecule has 0 radical (unpaired) electrons. The lowest BCUT2D eigenvalue weighted by Crippen LogP contribution is -2.18. The Bertz CT molecular complexity index is 1270. The summed E-state index contributed by atoms with van der Waals surface area (Å²) in [6, 6.07) is 13.8. The van der Waals surface area contributed by atoms with E-state index in [-0.39, 0.29) is 11.6 Å². The third-order valence-electron chi connectivity index (χ3n) is 5.79. The molecule has 1 aromatic carbocycles. The molecule has 0 aliphatic heterocycles. The molecule has 2 N–H and O–H groups in total. The van der Waals surface area contributed by atoms with Crippen LogP contribution in [0.1, 0.15) is 36.9 Å². The van der Waals surface area contributed by atoms with Crippen molar-refractivity contribution in [2.75, 3.05) is 0 Å². The Balaban J connectivity index is 1.73. The van der Waals surface area contributed by atoms with Gasteiger partial charge in [0.1, 0.15) is 0 Å². The molecule has 5 nitrogen and oxygen atoms in total. The van der Waals surface area contributed by atoms with Crippen LogP contribution >= 0.6 is 0 Å². The fourth-order valence-electron chi connectivity index (χ4n) is 4.00. The van der Waals surface area contributed by atoms with Gasteiger partial charge in [-0.15, -0.1) is 0 Å². The normalized spacial score (nSPS) is 15.9. The molecule has 5 heteroatoms. The first kappa shape index (κ1) is 21.6. The molecule has 162 valence electrons. The van der Waals surface area contributed by atoms with Gasteiger partial charge in [0, 0.05) is 42.9 Å². The van der Waals surface area contributed by atoms with E-state index in [1.807, 2.05) is 41.2 Å².